The highest BCUT2D eigenvalue weighted by molar-refractivity contribution is 6.33. The van der Waals surface area contributed by atoms with E-state index in [0.29, 0.717) is 58.6 Å². The number of pyridine rings is 1. The van der Waals surface area contributed by atoms with Crippen LogP contribution in [-0.4, -0.2) is 40.5 Å². The molecule has 1 atom stereocenters. The van der Waals surface area contributed by atoms with Gasteiger partial charge < -0.3 is 14.7 Å². The maximum atomic E-state index is 13.9. The molecule has 1 N–H and O–H groups in total. The van der Waals surface area contributed by atoms with Crippen LogP contribution in [0.5, 0.6) is 5.75 Å². The summed E-state index contributed by atoms with van der Waals surface area (Å²) in [5.74, 6) is 0.588. The van der Waals surface area contributed by atoms with Gasteiger partial charge in [0.15, 0.2) is 11.6 Å². The molecule has 0 aliphatic carbocycles. The Kier molecular flexibility index (Phi) is 6.99. The van der Waals surface area contributed by atoms with Crippen molar-refractivity contribution in [2.45, 2.75) is 20.3 Å². The molecule has 0 radical (unpaired) electrons. The van der Waals surface area contributed by atoms with Crippen molar-refractivity contribution < 1.29 is 14.2 Å². The number of halogens is 2. The largest absolute Gasteiger partial charge is 0.508 e. The van der Waals surface area contributed by atoms with E-state index < -0.39 is 5.95 Å². The normalized spacial score (nSPS) is 16.6. The summed E-state index contributed by atoms with van der Waals surface area (Å²) in [6, 6.07) is 10.0. The van der Waals surface area contributed by atoms with Crippen molar-refractivity contribution in [2.75, 3.05) is 19.7 Å². The second-order valence-electron chi connectivity index (χ2n) is 8.15. The third-order valence-electron chi connectivity index (χ3n) is 5.84. The fourth-order valence-electron chi connectivity index (χ4n) is 3.82. The van der Waals surface area contributed by atoms with Crippen LogP contribution in [0, 0.1) is 23.2 Å². The molecule has 0 saturated carbocycles. The monoisotopic (exact) mass is 478 g/mol. The predicted molar refractivity (Wildman–Crippen MR) is 130 cm³/mol. The zero-order valence-corrected chi connectivity index (χ0v) is 19.7. The Morgan fingerprint density at radius 1 is 1.29 bits per heavy atom. The zero-order chi connectivity index (χ0) is 24.2. The van der Waals surface area contributed by atoms with Crippen LogP contribution in [0.15, 0.2) is 65.0 Å². The first kappa shape index (κ1) is 23.5. The number of rotatable bonds is 6. The van der Waals surface area contributed by atoms with E-state index in [0.717, 1.165) is 12.1 Å². The van der Waals surface area contributed by atoms with Crippen molar-refractivity contribution in [1.82, 2.24) is 9.88 Å². The molecule has 2 aliphatic heterocycles. The Balaban J connectivity index is 1.86. The highest BCUT2D eigenvalue weighted by Crippen LogP contribution is 2.37. The molecule has 2 aromatic rings. The van der Waals surface area contributed by atoms with Gasteiger partial charge in [-0.2, -0.15) is 9.65 Å². The lowest BCUT2D eigenvalue weighted by atomic mass is 9.97. The molecular formula is C26H24ClFN4O2. The number of benzene rings is 1. The molecule has 1 aromatic carbocycles. The summed E-state index contributed by atoms with van der Waals surface area (Å²) in [4.78, 5) is 10.2. The summed E-state index contributed by atoms with van der Waals surface area (Å²) in [5.41, 5.74) is 2.90. The van der Waals surface area contributed by atoms with Crippen LogP contribution in [0.4, 0.5) is 4.39 Å². The minimum Gasteiger partial charge on any atom is -0.508 e. The van der Waals surface area contributed by atoms with Crippen LogP contribution < -0.4 is 0 Å². The van der Waals surface area contributed by atoms with E-state index in [1.54, 1.807) is 12.1 Å². The van der Waals surface area contributed by atoms with Crippen LogP contribution in [0.25, 0.3) is 11.3 Å². The van der Waals surface area contributed by atoms with E-state index >= 15 is 0 Å². The van der Waals surface area contributed by atoms with E-state index in [-0.39, 0.29) is 11.7 Å². The van der Waals surface area contributed by atoms with Gasteiger partial charge in [0.05, 0.1) is 18.2 Å². The molecular weight excluding hydrogens is 455 g/mol. The van der Waals surface area contributed by atoms with Gasteiger partial charge in [0.1, 0.15) is 17.4 Å². The van der Waals surface area contributed by atoms with Gasteiger partial charge in [0.25, 0.3) is 0 Å². The Labute approximate surface area is 203 Å². The standard InChI is InChI=1S/C26H24ClFN4O2/c1-3-16(2)15-34-25-21(14-29)19(20-5-4-18(33)13-22(20)27)8-11-32-23(7-10-31-26(25)32)17-6-9-30-24(28)12-17/h4-9,12-13,16,33H,3,10-11,15H2,1-2H3. The third kappa shape index (κ3) is 4.68. The van der Waals surface area contributed by atoms with E-state index in [2.05, 4.69) is 29.9 Å². The first-order valence-electron chi connectivity index (χ1n) is 11.0. The molecule has 2 aliphatic rings. The molecule has 1 unspecified atom stereocenters. The Bertz CT molecular complexity index is 1280. The number of ether oxygens (including phenoxy) is 1. The van der Waals surface area contributed by atoms with Gasteiger partial charge in [0.2, 0.25) is 5.95 Å². The number of allylic oxidation sites excluding steroid dienone is 2. The zero-order valence-electron chi connectivity index (χ0n) is 18.9. The SMILES string of the molecule is CCC(C)COC1=C(C#N)C(c2ccc(O)cc2Cl)=CCN2C(c3ccnc(F)c3)=CCN=C12. The summed E-state index contributed by atoms with van der Waals surface area (Å²) >= 11 is 6.45. The van der Waals surface area contributed by atoms with Crippen LogP contribution in [-0.2, 0) is 4.74 Å². The van der Waals surface area contributed by atoms with E-state index in [9.17, 15) is 14.8 Å². The van der Waals surface area contributed by atoms with Crippen LogP contribution in [0.2, 0.25) is 5.02 Å². The lowest BCUT2D eigenvalue weighted by molar-refractivity contribution is 0.181. The molecule has 4 rings (SSSR count). The molecule has 0 bridgehead atoms. The average Bonchev–Trinajstić information content (AvgIpc) is 2.99. The first-order chi connectivity index (χ1) is 16.4. The fraction of sp³-hybridized carbons (Fsp3) is 0.269. The number of aliphatic imine (C=N–C) groups is 1. The number of hydrogen-bond donors (Lipinski definition) is 1. The highest BCUT2D eigenvalue weighted by atomic mass is 35.5. The Morgan fingerprint density at radius 3 is 2.82 bits per heavy atom. The molecule has 0 spiro atoms. The summed E-state index contributed by atoms with van der Waals surface area (Å²) in [7, 11) is 0. The molecule has 34 heavy (non-hydrogen) atoms. The number of nitriles is 1. The molecule has 0 fully saturated rings. The number of hydrogen-bond acceptors (Lipinski definition) is 6. The Hall–Kier alpha value is -3.63. The molecule has 3 heterocycles. The quantitative estimate of drug-likeness (QED) is 0.549. The summed E-state index contributed by atoms with van der Waals surface area (Å²) in [6.45, 7) is 5.26. The van der Waals surface area contributed by atoms with E-state index in [1.807, 2.05) is 17.1 Å². The van der Waals surface area contributed by atoms with Gasteiger partial charge in [-0.25, -0.2) is 4.98 Å². The van der Waals surface area contributed by atoms with E-state index in [1.165, 1.54) is 24.4 Å². The third-order valence-corrected chi connectivity index (χ3v) is 6.15. The van der Waals surface area contributed by atoms with Crippen LogP contribution in [0.1, 0.15) is 31.4 Å². The number of phenolic OH excluding ortho intramolecular Hbond substituents is 1. The number of phenols is 1. The lowest BCUT2D eigenvalue weighted by Gasteiger charge is -2.31. The van der Waals surface area contributed by atoms with Gasteiger partial charge in [-0.05, 0) is 36.3 Å². The van der Waals surface area contributed by atoms with Gasteiger partial charge in [-0.15, -0.1) is 0 Å². The van der Waals surface area contributed by atoms with Crippen LogP contribution >= 0.6 is 11.6 Å². The summed E-state index contributed by atoms with van der Waals surface area (Å²) < 4.78 is 20.2. The molecule has 0 saturated heterocycles. The minimum atomic E-state index is -0.578. The maximum Gasteiger partial charge on any atom is 0.213 e. The van der Waals surface area contributed by atoms with Crippen molar-refractivity contribution in [1.29, 1.82) is 5.26 Å². The number of amidine groups is 1. The predicted octanol–water partition coefficient (Wildman–Crippen LogP) is 5.57. The average molecular weight is 479 g/mol. The highest BCUT2D eigenvalue weighted by Gasteiger charge is 2.32. The number of aromatic nitrogens is 1. The fourth-order valence-corrected chi connectivity index (χ4v) is 4.10. The topological polar surface area (TPSA) is 81.7 Å². The lowest BCUT2D eigenvalue weighted by Crippen LogP contribution is -2.34. The molecule has 1 aromatic heterocycles. The molecule has 8 heteroatoms. The number of aromatic hydroxyl groups is 1. The van der Waals surface area contributed by atoms with Gasteiger partial charge >= 0.3 is 0 Å². The minimum absolute atomic E-state index is 0.0328. The van der Waals surface area contributed by atoms with Crippen LogP contribution in [0.3, 0.4) is 0 Å². The molecule has 6 nitrogen and oxygen atoms in total. The van der Waals surface area contributed by atoms with Crippen molar-refractivity contribution in [3.8, 4) is 11.8 Å². The van der Waals surface area contributed by atoms with Gasteiger partial charge in [-0.3, -0.25) is 4.99 Å². The maximum absolute atomic E-state index is 13.9. The van der Waals surface area contributed by atoms with Gasteiger partial charge in [0, 0.05) is 41.2 Å². The Morgan fingerprint density at radius 2 is 2.12 bits per heavy atom. The van der Waals surface area contributed by atoms with E-state index in [4.69, 9.17) is 16.3 Å². The van der Waals surface area contributed by atoms with Crippen molar-refractivity contribution >= 4 is 28.7 Å². The number of fused-ring (bicyclic) bond motifs is 1. The van der Waals surface area contributed by atoms with Crippen molar-refractivity contribution in [2.24, 2.45) is 10.9 Å². The van der Waals surface area contributed by atoms with Crippen molar-refractivity contribution in [3.05, 3.63) is 82.1 Å². The molecule has 174 valence electrons. The van der Waals surface area contributed by atoms with Crippen molar-refractivity contribution in [3.63, 3.8) is 0 Å². The second kappa shape index (κ2) is 10.1. The number of nitrogens with zero attached hydrogens (tertiary/aromatic N) is 4. The second-order valence-corrected chi connectivity index (χ2v) is 8.56. The smallest absolute Gasteiger partial charge is 0.213 e. The summed E-state index contributed by atoms with van der Waals surface area (Å²) in [6.07, 6.45) is 6.12. The van der Waals surface area contributed by atoms with Gasteiger partial charge in [-0.1, -0.05) is 37.9 Å². The first-order valence-corrected chi connectivity index (χ1v) is 11.4. The summed E-state index contributed by atoms with van der Waals surface area (Å²) in [5, 5.41) is 20.4. The molecule has 0 amide bonds.